The minimum absolute atomic E-state index is 0.683. The molecule has 0 saturated carbocycles. The number of hydrogen-bond donors (Lipinski definition) is 1. The second kappa shape index (κ2) is 5.58. The molecule has 1 fully saturated rings. The van der Waals surface area contributed by atoms with Crippen molar-refractivity contribution in [1.82, 2.24) is 10.3 Å². The second-order valence-corrected chi connectivity index (χ2v) is 5.03. The van der Waals surface area contributed by atoms with Gasteiger partial charge in [-0.1, -0.05) is 0 Å². The van der Waals surface area contributed by atoms with Gasteiger partial charge in [-0.25, -0.2) is 4.98 Å². The molecule has 1 aromatic rings. The Labute approximate surface area is 94.9 Å². The van der Waals surface area contributed by atoms with Crippen molar-refractivity contribution in [2.45, 2.75) is 26.4 Å². The number of nitrogens with one attached hydrogen (secondary N) is 1. The van der Waals surface area contributed by atoms with Crippen LogP contribution in [0.4, 0.5) is 0 Å². The summed E-state index contributed by atoms with van der Waals surface area (Å²) in [5.41, 5.74) is 1.10. The molecular weight excluding hydrogens is 208 g/mol. The standard InChI is InChI=1S/C11H18N2OS/c1-9-8-15-11(13-9)7-14-6-10-2-4-12-5-3-10/h8,10,12H,2-7H2,1H3. The molecule has 1 aliphatic rings. The summed E-state index contributed by atoms with van der Waals surface area (Å²) in [4.78, 5) is 4.37. The first-order valence-electron chi connectivity index (χ1n) is 5.54. The monoisotopic (exact) mass is 226 g/mol. The van der Waals surface area contributed by atoms with Crippen LogP contribution >= 0.6 is 11.3 Å². The number of hydrogen-bond acceptors (Lipinski definition) is 4. The van der Waals surface area contributed by atoms with Gasteiger partial charge in [0.25, 0.3) is 0 Å². The molecular formula is C11H18N2OS. The zero-order valence-corrected chi connectivity index (χ0v) is 9.98. The van der Waals surface area contributed by atoms with Gasteiger partial charge in [0.05, 0.1) is 13.2 Å². The lowest BCUT2D eigenvalue weighted by atomic mass is 9.99. The maximum Gasteiger partial charge on any atom is 0.119 e. The van der Waals surface area contributed by atoms with Crippen molar-refractivity contribution in [3.05, 3.63) is 16.1 Å². The van der Waals surface area contributed by atoms with Crippen LogP contribution in [0.25, 0.3) is 0 Å². The Kier molecular flexibility index (Phi) is 4.11. The third-order valence-corrected chi connectivity index (χ3v) is 3.64. The fraction of sp³-hybridized carbons (Fsp3) is 0.727. The van der Waals surface area contributed by atoms with Crippen molar-refractivity contribution in [3.8, 4) is 0 Å². The van der Waals surface area contributed by atoms with E-state index in [0.29, 0.717) is 6.61 Å². The average molecular weight is 226 g/mol. The predicted molar refractivity (Wildman–Crippen MR) is 62.1 cm³/mol. The lowest BCUT2D eigenvalue weighted by Crippen LogP contribution is -2.29. The van der Waals surface area contributed by atoms with E-state index in [0.717, 1.165) is 36.3 Å². The summed E-state index contributed by atoms with van der Waals surface area (Å²) in [6.45, 7) is 5.88. The normalized spacial score (nSPS) is 18.2. The molecule has 0 unspecified atom stereocenters. The number of aromatic nitrogens is 1. The Morgan fingerprint density at radius 2 is 2.33 bits per heavy atom. The first kappa shape index (κ1) is 11.0. The van der Waals surface area contributed by atoms with E-state index in [2.05, 4.69) is 15.7 Å². The minimum atomic E-state index is 0.683. The van der Waals surface area contributed by atoms with Crippen LogP contribution in [-0.4, -0.2) is 24.7 Å². The minimum Gasteiger partial charge on any atom is -0.374 e. The summed E-state index contributed by atoms with van der Waals surface area (Å²) in [5, 5.41) is 6.53. The van der Waals surface area contributed by atoms with E-state index in [9.17, 15) is 0 Å². The number of thiazole rings is 1. The first-order chi connectivity index (χ1) is 7.34. The molecule has 84 valence electrons. The number of aryl methyl sites for hydroxylation is 1. The molecule has 0 spiro atoms. The van der Waals surface area contributed by atoms with Gasteiger partial charge in [0, 0.05) is 11.1 Å². The Morgan fingerprint density at radius 1 is 1.53 bits per heavy atom. The lowest BCUT2D eigenvalue weighted by molar-refractivity contribution is 0.0762. The zero-order chi connectivity index (χ0) is 10.5. The number of nitrogens with zero attached hydrogens (tertiary/aromatic N) is 1. The average Bonchev–Trinajstić information content (AvgIpc) is 2.66. The number of piperidine rings is 1. The van der Waals surface area contributed by atoms with Gasteiger partial charge in [-0.2, -0.15) is 0 Å². The van der Waals surface area contributed by atoms with E-state index >= 15 is 0 Å². The molecule has 0 aliphatic carbocycles. The topological polar surface area (TPSA) is 34.1 Å². The largest absolute Gasteiger partial charge is 0.374 e. The van der Waals surface area contributed by atoms with Gasteiger partial charge in [-0.05, 0) is 38.8 Å². The van der Waals surface area contributed by atoms with Crippen LogP contribution in [0.15, 0.2) is 5.38 Å². The molecule has 3 nitrogen and oxygen atoms in total. The number of ether oxygens (including phenoxy) is 1. The van der Waals surface area contributed by atoms with E-state index in [4.69, 9.17) is 4.74 Å². The van der Waals surface area contributed by atoms with Crippen molar-refractivity contribution in [3.63, 3.8) is 0 Å². The zero-order valence-electron chi connectivity index (χ0n) is 9.16. The molecule has 1 aliphatic heterocycles. The molecule has 0 amide bonds. The third-order valence-electron chi connectivity index (χ3n) is 2.70. The molecule has 15 heavy (non-hydrogen) atoms. The van der Waals surface area contributed by atoms with Crippen molar-refractivity contribution in [1.29, 1.82) is 0 Å². The quantitative estimate of drug-likeness (QED) is 0.852. The Bertz CT molecular complexity index is 295. The van der Waals surface area contributed by atoms with Gasteiger partial charge in [0.2, 0.25) is 0 Å². The highest BCUT2D eigenvalue weighted by molar-refractivity contribution is 7.09. The summed E-state index contributed by atoms with van der Waals surface area (Å²) in [5.74, 6) is 0.743. The summed E-state index contributed by atoms with van der Waals surface area (Å²) < 4.78 is 5.69. The molecule has 1 N–H and O–H groups in total. The molecule has 0 atom stereocenters. The molecule has 0 radical (unpaired) electrons. The van der Waals surface area contributed by atoms with Gasteiger partial charge in [0.15, 0.2) is 0 Å². The molecule has 4 heteroatoms. The Hall–Kier alpha value is -0.450. The molecule has 2 rings (SSSR count). The van der Waals surface area contributed by atoms with Gasteiger partial charge in [0.1, 0.15) is 5.01 Å². The summed E-state index contributed by atoms with van der Waals surface area (Å²) >= 11 is 1.69. The lowest BCUT2D eigenvalue weighted by Gasteiger charge is -2.21. The van der Waals surface area contributed by atoms with Crippen LogP contribution in [0.2, 0.25) is 0 Å². The van der Waals surface area contributed by atoms with Gasteiger partial charge >= 0.3 is 0 Å². The van der Waals surface area contributed by atoms with Gasteiger partial charge < -0.3 is 10.1 Å². The van der Waals surface area contributed by atoms with Crippen molar-refractivity contribution in [2.24, 2.45) is 5.92 Å². The van der Waals surface area contributed by atoms with Crippen LogP contribution in [0.1, 0.15) is 23.5 Å². The van der Waals surface area contributed by atoms with Crippen LogP contribution in [0.3, 0.4) is 0 Å². The van der Waals surface area contributed by atoms with Crippen LogP contribution in [-0.2, 0) is 11.3 Å². The van der Waals surface area contributed by atoms with Crippen LogP contribution in [0, 0.1) is 12.8 Å². The van der Waals surface area contributed by atoms with Crippen LogP contribution < -0.4 is 5.32 Å². The van der Waals surface area contributed by atoms with Crippen molar-refractivity contribution < 1.29 is 4.74 Å². The first-order valence-corrected chi connectivity index (χ1v) is 6.42. The molecule has 0 aromatic carbocycles. The highest BCUT2D eigenvalue weighted by Crippen LogP contribution is 2.14. The highest BCUT2D eigenvalue weighted by Gasteiger charge is 2.12. The summed E-state index contributed by atoms with van der Waals surface area (Å²) in [7, 11) is 0. The fourth-order valence-corrected chi connectivity index (χ4v) is 2.54. The predicted octanol–water partition coefficient (Wildman–Crippen LogP) is 1.97. The van der Waals surface area contributed by atoms with E-state index in [1.807, 2.05) is 6.92 Å². The Balaban J connectivity index is 1.65. The SMILES string of the molecule is Cc1csc(COCC2CCNCC2)n1. The third kappa shape index (κ3) is 3.55. The molecule has 1 saturated heterocycles. The van der Waals surface area contributed by atoms with Crippen LogP contribution in [0.5, 0.6) is 0 Å². The van der Waals surface area contributed by atoms with Gasteiger partial charge in [-0.3, -0.25) is 0 Å². The summed E-state index contributed by atoms with van der Waals surface area (Å²) in [6, 6.07) is 0. The van der Waals surface area contributed by atoms with Crippen molar-refractivity contribution >= 4 is 11.3 Å². The fourth-order valence-electron chi connectivity index (χ4n) is 1.83. The highest BCUT2D eigenvalue weighted by atomic mass is 32.1. The molecule has 1 aromatic heterocycles. The second-order valence-electron chi connectivity index (χ2n) is 4.09. The van der Waals surface area contributed by atoms with Gasteiger partial charge in [-0.15, -0.1) is 11.3 Å². The maximum absolute atomic E-state index is 5.69. The maximum atomic E-state index is 5.69. The van der Waals surface area contributed by atoms with E-state index in [-0.39, 0.29) is 0 Å². The number of rotatable bonds is 4. The van der Waals surface area contributed by atoms with E-state index < -0.39 is 0 Å². The van der Waals surface area contributed by atoms with Crippen molar-refractivity contribution in [2.75, 3.05) is 19.7 Å². The molecule has 0 bridgehead atoms. The summed E-state index contributed by atoms with van der Waals surface area (Å²) in [6.07, 6.45) is 2.49. The smallest absolute Gasteiger partial charge is 0.119 e. The molecule has 2 heterocycles. The Morgan fingerprint density at radius 3 is 3.00 bits per heavy atom. The van der Waals surface area contributed by atoms with E-state index in [1.54, 1.807) is 11.3 Å². The van der Waals surface area contributed by atoms with E-state index in [1.165, 1.54) is 12.8 Å².